The highest BCUT2D eigenvalue weighted by Gasteiger charge is 2.09. The molecule has 17 heavy (non-hydrogen) atoms. The van der Waals surface area contributed by atoms with Crippen molar-refractivity contribution in [3.8, 4) is 5.75 Å². The first-order valence-electron chi connectivity index (χ1n) is 5.49. The first-order valence-corrected chi connectivity index (χ1v) is 5.49. The molecule has 2 aromatic carbocycles. The maximum absolute atomic E-state index is 5.95. The van der Waals surface area contributed by atoms with Crippen molar-refractivity contribution in [3.63, 3.8) is 0 Å². The standard InChI is InChI=1S/C14H17NO.ClH/c1-9(2)11-7-10-5-4-6-13(15)12(10)8-14(11)16-3;/h4-9H,15H2,1-3H3;1H. The summed E-state index contributed by atoms with van der Waals surface area (Å²) in [7, 11) is 1.70. The summed E-state index contributed by atoms with van der Waals surface area (Å²) in [6, 6.07) is 10.2. The van der Waals surface area contributed by atoms with Gasteiger partial charge in [0.25, 0.3) is 0 Å². The fourth-order valence-electron chi connectivity index (χ4n) is 1.98. The molecule has 0 atom stereocenters. The van der Waals surface area contributed by atoms with E-state index in [-0.39, 0.29) is 12.4 Å². The van der Waals surface area contributed by atoms with Gasteiger partial charge in [-0.05, 0) is 35.1 Å². The summed E-state index contributed by atoms with van der Waals surface area (Å²) >= 11 is 0. The maximum Gasteiger partial charge on any atom is 0.123 e. The molecule has 0 amide bonds. The third-order valence-electron chi connectivity index (χ3n) is 2.89. The summed E-state index contributed by atoms with van der Waals surface area (Å²) in [6.45, 7) is 4.33. The van der Waals surface area contributed by atoms with E-state index in [1.54, 1.807) is 7.11 Å². The van der Waals surface area contributed by atoms with Gasteiger partial charge in [-0.25, -0.2) is 0 Å². The Morgan fingerprint density at radius 1 is 1.18 bits per heavy atom. The molecule has 2 aromatic rings. The molecule has 2 N–H and O–H groups in total. The Labute approximate surface area is 108 Å². The molecule has 0 aliphatic rings. The third kappa shape index (κ3) is 2.47. The fraction of sp³-hybridized carbons (Fsp3) is 0.286. The third-order valence-corrected chi connectivity index (χ3v) is 2.89. The lowest BCUT2D eigenvalue weighted by Gasteiger charge is -2.14. The van der Waals surface area contributed by atoms with Crippen molar-refractivity contribution >= 4 is 28.9 Å². The largest absolute Gasteiger partial charge is 0.496 e. The molecule has 0 aliphatic carbocycles. The summed E-state index contributed by atoms with van der Waals surface area (Å²) in [6.07, 6.45) is 0. The fourth-order valence-corrected chi connectivity index (χ4v) is 1.98. The molecule has 0 fully saturated rings. The molecule has 92 valence electrons. The summed E-state index contributed by atoms with van der Waals surface area (Å²) in [5.74, 6) is 1.36. The van der Waals surface area contributed by atoms with Crippen LogP contribution in [-0.2, 0) is 0 Å². The van der Waals surface area contributed by atoms with Crippen LogP contribution in [0.5, 0.6) is 5.75 Å². The van der Waals surface area contributed by atoms with Crippen LogP contribution in [0.15, 0.2) is 30.3 Å². The normalized spacial score (nSPS) is 10.4. The van der Waals surface area contributed by atoms with Crippen molar-refractivity contribution in [3.05, 3.63) is 35.9 Å². The van der Waals surface area contributed by atoms with E-state index in [1.807, 2.05) is 18.2 Å². The molecule has 3 heteroatoms. The number of anilines is 1. The monoisotopic (exact) mass is 251 g/mol. The molecular weight excluding hydrogens is 234 g/mol. The predicted octanol–water partition coefficient (Wildman–Crippen LogP) is 3.98. The first kappa shape index (κ1) is 13.7. The molecule has 0 unspecified atom stereocenters. The Morgan fingerprint density at radius 2 is 1.88 bits per heavy atom. The van der Waals surface area contributed by atoms with Gasteiger partial charge < -0.3 is 10.5 Å². The number of hydrogen-bond acceptors (Lipinski definition) is 2. The number of halogens is 1. The highest BCUT2D eigenvalue weighted by Crippen LogP contribution is 2.33. The highest BCUT2D eigenvalue weighted by atomic mass is 35.5. The first-order chi connectivity index (χ1) is 7.63. The molecule has 0 aromatic heterocycles. The van der Waals surface area contributed by atoms with E-state index >= 15 is 0 Å². The van der Waals surface area contributed by atoms with E-state index < -0.39 is 0 Å². The summed E-state index contributed by atoms with van der Waals surface area (Å²) in [4.78, 5) is 0. The average Bonchev–Trinajstić information content (AvgIpc) is 2.28. The number of nitrogens with two attached hydrogens (primary N) is 1. The Balaban J connectivity index is 0.00000144. The van der Waals surface area contributed by atoms with Gasteiger partial charge in [0.2, 0.25) is 0 Å². The smallest absolute Gasteiger partial charge is 0.123 e. The number of ether oxygens (including phenoxy) is 1. The van der Waals surface area contributed by atoms with E-state index in [0.29, 0.717) is 5.92 Å². The SMILES string of the molecule is COc1cc2c(N)cccc2cc1C(C)C.Cl. The van der Waals surface area contributed by atoms with Gasteiger partial charge in [-0.1, -0.05) is 26.0 Å². The van der Waals surface area contributed by atoms with E-state index in [9.17, 15) is 0 Å². The van der Waals surface area contributed by atoms with Gasteiger partial charge in [0, 0.05) is 11.1 Å². The van der Waals surface area contributed by atoms with E-state index in [0.717, 1.165) is 16.8 Å². The van der Waals surface area contributed by atoms with Gasteiger partial charge >= 0.3 is 0 Å². The molecule has 0 radical (unpaired) electrons. The molecule has 0 spiro atoms. The second-order valence-corrected chi connectivity index (χ2v) is 4.32. The van der Waals surface area contributed by atoms with Crippen molar-refractivity contribution in [2.45, 2.75) is 19.8 Å². The summed E-state index contributed by atoms with van der Waals surface area (Å²) in [5, 5.41) is 2.23. The Kier molecular flexibility index (Phi) is 4.24. The Bertz CT molecular complexity index is 523. The molecule has 0 aliphatic heterocycles. The zero-order chi connectivity index (χ0) is 11.7. The molecule has 0 saturated carbocycles. The lowest BCUT2D eigenvalue weighted by Crippen LogP contribution is -1.96. The van der Waals surface area contributed by atoms with E-state index in [2.05, 4.69) is 26.0 Å². The van der Waals surface area contributed by atoms with E-state index in [4.69, 9.17) is 10.5 Å². The minimum absolute atomic E-state index is 0. The molecule has 0 bridgehead atoms. The second kappa shape index (κ2) is 5.28. The summed E-state index contributed by atoms with van der Waals surface area (Å²) in [5.41, 5.74) is 7.97. The van der Waals surface area contributed by atoms with E-state index in [1.165, 1.54) is 10.9 Å². The van der Waals surface area contributed by atoms with Crippen LogP contribution in [0.4, 0.5) is 5.69 Å². The van der Waals surface area contributed by atoms with Gasteiger partial charge in [-0.2, -0.15) is 0 Å². The van der Waals surface area contributed by atoms with Crippen molar-refractivity contribution < 1.29 is 4.74 Å². The van der Waals surface area contributed by atoms with Crippen LogP contribution in [-0.4, -0.2) is 7.11 Å². The van der Waals surface area contributed by atoms with Crippen LogP contribution in [0.3, 0.4) is 0 Å². The van der Waals surface area contributed by atoms with Gasteiger partial charge in [0.15, 0.2) is 0 Å². The number of benzene rings is 2. The molecular formula is C14H18ClNO. The van der Waals surface area contributed by atoms with Crippen LogP contribution in [0.25, 0.3) is 10.8 Å². The van der Waals surface area contributed by atoms with Gasteiger partial charge in [0.1, 0.15) is 5.75 Å². The summed E-state index contributed by atoms with van der Waals surface area (Å²) < 4.78 is 5.41. The van der Waals surface area contributed by atoms with Gasteiger partial charge in [-0.15, -0.1) is 12.4 Å². The molecule has 2 rings (SSSR count). The maximum atomic E-state index is 5.95. The second-order valence-electron chi connectivity index (χ2n) is 4.32. The average molecular weight is 252 g/mol. The Morgan fingerprint density at radius 3 is 2.47 bits per heavy atom. The quantitative estimate of drug-likeness (QED) is 0.820. The van der Waals surface area contributed by atoms with Crippen LogP contribution in [0.1, 0.15) is 25.3 Å². The van der Waals surface area contributed by atoms with Crippen molar-refractivity contribution in [2.75, 3.05) is 12.8 Å². The van der Waals surface area contributed by atoms with Gasteiger partial charge in [-0.3, -0.25) is 0 Å². The zero-order valence-corrected chi connectivity index (χ0v) is 11.2. The minimum Gasteiger partial charge on any atom is -0.496 e. The van der Waals surface area contributed by atoms with Crippen LogP contribution < -0.4 is 10.5 Å². The van der Waals surface area contributed by atoms with Crippen LogP contribution >= 0.6 is 12.4 Å². The van der Waals surface area contributed by atoms with Crippen molar-refractivity contribution in [1.29, 1.82) is 0 Å². The van der Waals surface area contributed by atoms with Gasteiger partial charge in [0.05, 0.1) is 7.11 Å². The van der Waals surface area contributed by atoms with Crippen LogP contribution in [0.2, 0.25) is 0 Å². The highest BCUT2D eigenvalue weighted by molar-refractivity contribution is 5.94. The zero-order valence-electron chi connectivity index (χ0n) is 10.4. The Hall–Kier alpha value is -1.41. The van der Waals surface area contributed by atoms with Crippen LogP contribution in [0, 0.1) is 0 Å². The lowest BCUT2D eigenvalue weighted by molar-refractivity contribution is 0.408. The topological polar surface area (TPSA) is 35.2 Å². The molecule has 0 saturated heterocycles. The van der Waals surface area contributed by atoms with Crippen molar-refractivity contribution in [1.82, 2.24) is 0 Å². The minimum atomic E-state index is 0. The number of nitrogen functional groups attached to an aromatic ring is 1. The lowest BCUT2D eigenvalue weighted by atomic mass is 9.97. The number of methoxy groups -OCH3 is 1. The number of fused-ring (bicyclic) bond motifs is 1. The number of hydrogen-bond donors (Lipinski definition) is 1. The number of rotatable bonds is 2. The van der Waals surface area contributed by atoms with Crippen molar-refractivity contribution in [2.24, 2.45) is 0 Å². The molecule has 2 nitrogen and oxygen atoms in total. The predicted molar refractivity (Wildman–Crippen MR) is 76.2 cm³/mol. The molecule has 0 heterocycles.